The zero-order valence-electron chi connectivity index (χ0n) is 17.2. The minimum atomic E-state index is -0.175. The molecule has 0 radical (unpaired) electrons. The zero-order chi connectivity index (χ0) is 21.0. The Morgan fingerprint density at radius 1 is 1.24 bits per heavy atom. The first-order valence-corrected chi connectivity index (χ1v) is 10.3. The first-order valence-electron chi connectivity index (χ1n) is 9.89. The van der Waals surface area contributed by atoms with Gasteiger partial charge in [-0.05, 0) is 64.1 Å². The maximum atomic E-state index is 12.8. The van der Waals surface area contributed by atoms with E-state index in [9.17, 15) is 9.59 Å². The molecule has 0 unspecified atom stereocenters. The van der Waals surface area contributed by atoms with Gasteiger partial charge in [0.15, 0.2) is 5.78 Å². The summed E-state index contributed by atoms with van der Waals surface area (Å²) in [5.74, 6) is -0.162. The van der Waals surface area contributed by atoms with E-state index >= 15 is 0 Å². The molecule has 0 saturated carbocycles. The second-order valence-corrected chi connectivity index (χ2v) is 8.12. The van der Waals surface area contributed by atoms with Gasteiger partial charge in [-0.25, -0.2) is 0 Å². The number of aryl methyl sites for hydroxylation is 1. The molecule has 29 heavy (non-hydrogen) atoms. The molecule has 156 valence electrons. The SMILES string of the molecule is Cc1cc(C(=O)CN(C)CC(=O)Nc2ccc(Cl)cc2)c(C)n1C[C@H]1CCCO1. The number of rotatable bonds is 8. The Balaban J connectivity index is 1.56. The van der Waals surface area contributed by atoms with Gasteiger partial charge in [0.05, 0.1) is 19.2 Å². The highest BCUT2D eigenvalue weighted by atomic mass is 35.5. The van der Waals surface area contributed by atoms with E-state index in [2.05, 4.69) is 9.88 Å². The van der Waals surface area contributed by atoms with Gasteiger partial charge in [0.25, 0.3) is 0 Å². The van der Waals surface area contributed by atoms with Crippen LogP contribution in [0.3, 0.4) is 0 Å². The monoisotopic (exact) mass is 417 g/mol. The van der Waals surface area contributed by atoms with Crippen molar-refractivity contribution in [2.75, 3.05) is 32.1 Å². The number of carbonyl (C=O) groups is 2. The average Bonchev–Trinajstić information content (AvgIpc) is 3.27. The third-order valence-corrected chi connectivity index (χ3v) is 5.49. The van der Waals surface area contributed by atoms with E-state index < -0.39 is 0 Å². The predicted octanol–water partition coefficient (Wildman–Crippen LogP) is 3.69. The fraction of sp³-hybridized carbons (Fsp3) is 0.455. The summed E-state index contributed by atoms with van der Waals surface area (Å²) in [6.07, 6.45) is 2.38. The van der Waals surface area contributed by atoms with E-state index in [-0.39, 0.29) is 30.9 Å². The van der Waals surface area contributed by atoms with Crippen molar-refractivity contribution in [1.82, 2.24) is 9.47 Å². The average molecular weight is 418 g/mol. The Kier molecular flexibility index (Phi) is 7.11. The van der Waals surface area contributed by atoms with Gasteiger partial charge in [0.2, 0.25) is 5.91 Å². The van der Waals surface area contributed by atoms with Crippen molar-refractivity contribution in [1.29, 1.82) is 0 Å². The molecule has 7 heteroatoms. The number of hydrogen-bond acceptors (Lipinski definition) is 4. The molecule has 1 saturated heterocycles. The van der Waals surface area contributed by atoms with Crippen molar-refractivity contribution in [3.63, 3.8) is 0 Å². The van der Waals surface area contributed by atoms with Gasteiger partial charge in [-0.3, -0.25) is 14.5 Å². The fourth-order valence-corrected chi connectivity index (χ4v) is 3.85. The fourth-order valence-electron chi connectivity index (χ4n) is 3.72. The quantitative estimate of drug-likeness (QED) is 0.665. The number of ether oxygens (including phenoxy) is 1. The highest BCUT2D eigenvalue weighted by Crippen LogP contribution is 2.21. The van der Waals surface area contributed by atoms with Gasteiger partial charge in [0.1, 0.15) is 0 Å². The molecule has 1 fully saturated rings. The Morgan fingerprint density at radius 3 is 2.62 bits per heavy atom. The molecule has 1 aromatic heterocycles. The number of amides is 1. The molecule has 1 atom stereocenters. The first-order chi connectivity index (χ1) is 13.8. The van der Waals surface area contributed by atoms with E-state index in [1.165, 1.54) is 0 Å². The topological polar surface area (TPSA) is 63.6 Å². The van der Waals surface area contributed by atoms with Crippen molar-refractivity contribution in [2.45, 2.75) is 39.3 Å². The third-order valence-electron chi connectivity index (χ3n) is 5.24. The number of nitrogens with one attached hydrogen (secondary N) is 1. The van der Waals surface area contributed by atoms with Crippen molar-refractivity contribution in [3.8, 4) is 0 Å². The van der Waals surface area contributed by atoms with Gasteiger partial charge in [-0.15, -0.1) is 0 Å². The summed E-state index contributed by atoms with van der Waals surface area (Å²) in [5, 5.41) is 3.42. The summed E-state index contributed by atoms with van der Waals surface area (Å²) < 4.78 is 7.90. The molecule has 1 aromatic carbocycles. The van der Waals surface area contributed by atoms with Crippen molar-refractivity contribution >= 4 is 29.0 Å². The van der Waals surface area contributed by atoms with Crippen LogP contribution in [0.25, 0.3) is 0 Å². The molecular weight excluding hydrogens is 390 g/mol. The largest absolute Gasteiger partial charge is 0.376 e. The van der Waals surface area contributed by atoms with Crippen LogP contribution in [0, 0.1) is 13.8 Å². The van der Waals surface area contributed by atoms with Crippen LogP contribution < -0.4 is 5.32 Å². The standard InChI is InChI=1S/C22H28ClN3O3/c1-15-11-20(16(2)26(15)12-19-5-4-10-29-19)21(27)13-25(3)14-22(28)24-18-8-6-17(23)7-9-18/h6-9,11,19H,4-5,10,12-14H2,1-3H3,(H,24,28)/t19-/m1/s1. The molecule has 1 aliphatic heterocycles. The lowest BCUT2D eigenvalue weighted by Crippen LogP contribution is -2.34. The Morgan fingerprint density at radius 2 is 1.97 bits per heavy atom. The summed E-state index contributed by atoms with van der Waals surface area (Å²) in [5.41, 5.74) is 3.41. The number of aromatic nitrogens is 1. The van der Waals surface area contributed by atoms with Crippen LogP contribution in [0.5, 0.6) is 0 Å². The molecule has 2 aromatic rings. The number of Topliss-reactive ketones (excluding diaryl/α,β-unsaturated/α-hetero) is 1. The molecule has 0 bridgehead atoms. The van der Waals surface area contributed by atoms with Crippen LogP contribution in [0.2, 0.25) is 5.02 Å². The Bertz CT molecular complexity index is 870. The molecule has 1 aliphatic rings. The summed E-state index contributed by atoms with van der Waals surface area (Å²) >= 11 is 5.85. The summed E-state index contributed by atoms with van der Waals surface area (Å²) in [4.78, 5) is 26.8. The van der Waals surface area contributed by atoms with Crippen LogP contribution >= 0.6 is 11.6 Å². The first kappa shape index (κ1) is 21.6. The van der Waals surface area contributed by atoms with Crippen LogP contribution in [0.1, 0.15) is 34.6 Å². The number of benzene rings is 1. The second kappa shape index (κ2) is 9.57. The second-order valence-electron chi connectivity index (χ2n) is 7.68. The van der Waals surface area contributed by atoms with Crippen LogP contribution in [-0.2, 0) is 16.1 Å². The normalized spacial score (nSPS) is 16.4. The van der Waals surface area contributed by atoms with Gasteiger partial charge >= 0.3 is 0 Å². The number of halogens is 1. The highest BCUT2D eigenvalue weighted by Gasteiger charge is 2.22. The molecular formula is C22H28ClN3O3. The van der Waals surface area contributed by atoms with E-state index in [1.807, 2.05) is 19.9 Å². The van der Waals surface area contributed by atoms with E-state index in [0.29, 0.717) is 16.3 Å². The van der Waals surface area contributed by atoms with E-state index in [0.717, 1.165) is 37.4 Å². The number of carbonyl (C=O) groups excluding carboxylic acids is 2. The number of nitrogens with zero attached hydrogens (tertiary/aromatic N) is 2. The minimum absolute atomic E-state index is 0.0125. The van der Waals surface area contributed by atoms with Crippen molar-refractivity contribution in [3.05, 3.63) is 52.3 Å². The smallest absolute Gasteiger partial charge is 0.238 e. The van der Waals surface area contributed by atoms with Crippen molar-refractivity contribution < 1.29 is 14.3 Å². The molecule has 1 amide bonds. The van der Waals surface area contributed by atoms with Gasteiger partial charge in [-0.2, -0.15) is 0 Å². The molecule has 0 spiro atoms. The Hall–Kier alpha value is -2.15. The Labute approximate surface area is 176 Å². The van der Waals surface area contributed by atoms with E-state index in [1.54, 1.807) is 36.2 Å². The maximum Gasteiger partial charge on any atom is 0.238 e. The lowest BCUT2D eigenvalue weighted by atomic mass is 10.1. The van der Waals surface area contributed by atoms with Crippen LogP contribution in [0.4, 0.5) is 5.69 Å². The molecule has 3 rings (SSSR count). The number of likely N-dealkylation sites (N-methyl/N-ethyl adjacent to an activating group) is 1. The predicted molar refractivity (Wildman–Crippen MR) is 115 cm³/mol. The summed E-state index contributed by atoms with van der Waals surface area (Å²) in [6, 6.07) is 8.87. The lowest BCUT2D eigenvalue weighted by Gasteiger charge is -2.16. The van der Waals surface area contributed by atoms with Gasteiger partial charge in [-0.1, -0.05) is 11.6 Å². The number of ketones is 1. The summed E-state index contributed by atoms with van der Waals surface area (Å²) in [6.45, 7) is 5.90. The molecule has 0 aliphatic carbocycles. The lowest BCUT2D eigenvalue weighted by molar-refractivity contribution is -0.116. The van der Waals surface area contributed by atoms with Crippen molar-refractivity contribution in [2.24, 2.45) is 0 Å². The van der Waals surface area contributed by atoms with Gasteiger partial charge in [0, 0.05) is 40.8 Å². The number of hydrogen-bond donors (Lipinski definition) is 1. The zero-order valence-corrected chi connectivity index (χ0v) is 18.0. The van der Waals surface area contributed by atoms with Crippen LogP contribution in [-0.4, -0.2) is 54.0 Å². The van der Waals surface area contributed by atoms with E-state index in [4.69, 9.17) is 16.3 Å². The number of anilines is 1. The summed E-state index contributed by atoms with van der Waals surface area (Å²) in [7, 11) is 1.77. The highest BCUT2D eigenvalue weighted by molar-refractivity contribution is 6.30. The van der Waals surface area contributed by atoms with Gasteiger partial charge < -0.3 is 14.6 Å². The maximum absolute atomic E-state index is 12.8. The van der Waals surface area contributed by atoms with Crippen LogP contribution in [0.15, 0.2) is 30.3 Å². The molecule has 2 heterocycles. The third kappa shape index (κ3) is 5.69. The molecule has 1 N–H and O–H groups in total. The minimum Gasteiger partial charge on any atom is -0.376 e. The molecule has 6 nitrogen and oxygen atoms in total.